The summed E-state index contributed by atoms with van der Waals surface area (Å²) in [7, 11) is 0. The van der Waals surface area contributed by atoms with Gasteiger partial charge in [0, 0.05) is 38.7 Å². The standard InChI is InChI=1S/C26H24Br2N6O3/c27-18-11-14(12-19(28)23(18)29)8-10-34-21-6-5-17(26(37)32-9-7-22(35)36)13-20(21)33-25(34)16-3-1-15(2-4-16)24(30)31/h1-6,11-13H,7-10,29H2,(H3,30,31)(H,32,37)(H,35,36). The number of amides is 1. The summed E-state index contributed by atoms with van der Waals surface area (Å²) in [6.07, 6.45) is 0.541. The zero-order valence-corrected chi connectivity index (χ0v) is 22.8. The summed E-state index contributed by atoms with van der Waals surface area (Å²) in [5.74, 6) is -0.642. The molecule has 1 aromatic heterocycles. The van der Waals surface area contributed by atoms with E-state index in [0.29, 0.717) is 41.1 Å². The van der Waals surface area contributed by atoms with Crippen molar-refractivity contribution in [2.75, 3.05) is 12.3 Å². The molecule has 0 aliphatic rings. The van der Waals surface area contributed by atoms with E-state index in [-0.39, 0.29) is 24.7 Å². The number of carboxylic acids is 1. The van der Waals surface area contributed by atoms with Gasteiger partial charge in [0.1, 0.15) is 11.7 Å². The lowest BCUT2D eigenvalue weighted by molar-refractivity contribution is -0.136. The van der Waals surface area contributed by atoms with E-state index in [1.165, 1.54) is 0 Å². The van der Waals surface area contributed by atoms with Gasteiger partial charge in [-0.1, -0.05) is 24.3 Å². The number of halogens is 2. The summed E-state index contributed by atoms with van der Waals surface area (Å²) in [5.41, 5.74) is 16.7. The Balaban J connectivity index is 1.71. The highest BCUT2D eigenvalue weighted by atomic mass is 79.9. The summed E-state index contributed by atoms with van der Waals surface area (Å²) >= 11 is 7.00. The molecule has 0 saturated heterocycles. The van der Waals surface area contributed by atoms with Crippen molar-refractivity contribution in [3.8, 4) is 11.4 Å². The number of fused-ring (bicyclic) bond motifs is 1. The van der Waals surface area contributed by atoms with Gasteiger partial charge in [-0.3, -0.25) is 15.0 Å². The number of amidine groups is 1. The minimum atomic E-state index is -0.977. The number of hydrogen-bond acceptors (Lipinski definition) is 5. The minimum absolute atomic E-state index is 0.0156. The number of carbonyl (C=O) groups excluding carboxylic acids is 1. The minimum Gasteiger partial charge on any atom is -0.481 e. The number of nitrogens with two attached hydrogens (primary N) is 2. The van der Waals surface area contributed by atoms with Crippen LogP contribution in [0.2, 0.25) is 0 Å². The molecule has 0 aliphatic carbocycles. The van der Waals surface area contributed by atoms with E-state index < -0.39 is 5.97 Å². The zero-order chi connectivity index (χ0) is 26.7. The number of nitrogen functional groups attached to an aromatic ring is 2. The first-order valence-electron chi connectivity index (χ1n) is 11.3. The lowest BCUT2D eigenvalue weighted by atomic mass is 10.1. The fourth-order valence-corrected chi connectivity index (χ4v) is 5.20. The molecule has 4 rings (SSSR count). The topological polar surface area (TPSA) is 160 Å². The van der Waals surface area contributed by atoms with E-state index in [0.717, 1.165) is 25.6 Å². The molecule has 37 heavy (non-hydrogen) atoms. The number of benzene rings is 3. The number of carbonyl (C=O) groups is 2. The highest BCUT2D eigenvalue weighted by molar-refractivity contribution is 9.11. The van der Waals surface area contributed by atoms with Crippen molar-refractivity contribution in [1.82, 2.24) is 14.9 Å². The van der Waals surface area contributed by atoms with Crippen LogP contribution in [0.25, 0.3) is 22.4 Å². The van der Waals surface area contributed by atoms with E-state index in [9.17, 15) is 9.59 Å². The average Bonchev–Trinajstić information content (AvgIpc) is 3.23. The molecule has 3 aromatic carbocycles. The summed E-state index contributed by atoms with van der Waals surface area (Å²) < 4.78 is 3.71. The van der Waals surface area contributed by atoms with Gasteiger partial charge < -0.3 is 26.5 Å². The molecular weight excluding hydrogens is 604 g/mol. The number of aromatic nitrogens is 2. The molecule has 0 radical (unpaired) electrons. The molecule has 4 aromatic rings. The van der Waals surface area contributed by atoms with Crippen LogP contribution < -0.4 is 16.8 Å². The predicted octanol–water partition coefficient (Wildman–Crippen LogP) is 4.54. The molecule has 11 heteroatoms. The van der Waals surface area contributed by atoms with E-state index in [1.807, 2.05) is 30.3 Å². The van der Waals surface area contributed by atoms with Crippen LogP contribution in [0, 0.1) is 5.41 Å². The van der Waals surface area contributed by atoms with Gasteiger partial charge >= 0.3 is 5.97 Å². The maximum absolute atomic E-state index is 12.5. The molecule has 0 bridgehead atoms. The van der Waals surface area contributed by atoms with Gasteiger partial charge in [-0.2, -0.15) is 0 Å². The molecule has 7 N–H and O–H groups in total. The van der Waals surface area contributed by atoms with Gasteiger partial charge in [0.15, 0.2) is 0 Å². The van der Waals surface area contributed by atoms with Gasteiger partial charge in [0.2, 0.25) is 0 Å². The second-order valence-electron chi connectivity index (χ2n) is 8.40. The molecule has 1 heterocycles. The third-order valence-electron chi connectivity index (χ3n) is 5.85. The number of nitrogens with zero attached hydrogens (tertiary/aromatic N) is 2. The lowest BCUT2D eigenvalue weighted by Crippen LogP contribution is -2.25. The fraction of sp³-hybridized carbons (Fsp3) is 0.154. The molecule has 0 aliphatic heterocycles. The zero-order valence-electron chi connectivity index (χ0n) is 19.6. The van der Waals surface area contributed by atoms with Crippen molar-refractivity contribution >= 4 is 66.3 Å². The molecule has 1 amide bonds. The lowest BCUT2D eigenvalue weighted by Gasteiger charge is -2.12. The largest absolute Gasteiger partial charge is 0.481 e. The van der Waals surface area contributed by atoms with Crippen LogP contribution in [0.1, 0.15) is 27.9 Å². The third-order valence-corrected chi connectivity index (χ3v) is 7.16. The van der Waals surface area contributed by atoms with Gasteiger partial charge in [-0.05, 0) is 74.2 Å². The van der Waals surface area contributed by atoms with E-state index in [1.54, 1.807) is 24.3 Å². The number of aryl methyl sites for hydroxylation is 2. The monoisotopic (exact) mass is 626 g/mol. The van der Waals surface area contributed by atoms with Crippen LogP contribution in [-0.4, -0.2) is 38.9 Å². The summed E-state index contributed by atoms with van der Waals surface area (Å²) in [6, 6.07) is 16.5. The SMILES string of the molecule is N=C(N)c1ccc(-c2nc3cc(C(=O)NCCC(=O)O)ccc3n2CCc2cc(Br)c(N)c(Br)c2)cc1. The van der Waals surface area contributed by atoms with Gasteiger partial charge in [-0.15, -0.1) is 0 Å². The average molecular weight is 628 g/mol. The molecule has 0 atom stereocenters. The Hall–Kier alpha value is -3.70. The van der Waals surface area contributed by atoms with Crippen molar-refractivity contribution in [2.45, 2.75) is 19.4 Å². The van der Waals surface area contributed by atoms with Crippen molar-refractivity contribution in [3.63, 3.8) is 0 Å². The predicted molar refractivity (Wildman–Crippen MR) is 151 cm³/mol. The van der Waals surface area contributed by atoms with Gasteiger partial charge in [0.05, 0.1) is 23.1 Å². The van der Waals surface area contributed by atoms with Crippen LogP contribution in [0.15, 0.2) is 63.5 Å². The highest BCUT2D eigenvalue weighted by Gasteiger charge is 2.16. The Kier molecular flexibility index (Phi) is 7.94. The van der Waals surface area contributed by atoms with Crippen LogP contribution in [0.3, 0.4) is 0 Å². The Morgan fingerprint density at radius 2 is 1.68 bits per heavy atom. The Morgan fingerprint density at radius 3 is 2.30 bits per heavy atom. The molecule has 9 nitrogen and oxygen atoms in total. The number of imidazole rings is 1. The number of rotatable bonds is 9. The first kappa shape index (κ1) is 26.4. The molecule has 0 saturated carbocycles. The van der Waals surface area contributed by atoms with Crippen molar-refractivity contribution in [3.05, 3.63) is 80.2 Å². The van der Waals surface area contributed by atoms with Crippen molar-refractivity contribution < 1.29 is 14.7 Å². The van der Waals surface area contributed by atoms with E-state index in [4.69, 9.17) is 27.0 Å². The quantitative estimate of drug-likeness (QED) is 0.104. The first-order chi connectivity index (χ1) is 17.6. The number of carboxylic acid groups (broad SMARTS) is 1. The fourth-order valence-electron chi connectivity index (χ4n) is 3.92. The van der Waals surface area contributed by atoms with E-state index >= 15 is 0 Å². The number of aliphatic carboxylic acids is 1. The van der Waals surface area contributed by atoms with Crippen LogP contribution in [-0.2, 0) is 17.8 Å². The van der Waals surface area contributed by atoms with Crippen molar-refractivity contribution in [1.29, 1.82) is 5.41 Å². The molecule has 190 valence electrons. The first-order valence-corrected chi connectivity index (χ1v) is 12.9. The van der Waals surface area contributed by atoms with Gasteiger partial charge in [-0.25, -0.2) is 4.98 Å². The number of hydrogen-bond donors (Lipinski definition) is 5. The van der Waals surface area contributed by atoms with E-state index in [2.05, 4.69) is 41.7 Å². The smallest absolute Gasteiger partial charge is 0.305 e. The van der Waals surface area contributed by atoms with Crippen LogP contribution >= 0.6 is 31.9 Å². The van der Waals surface area contributed by atoms with Crippen molar-refractivity contribution in [2.24, 2.45) is 5.73 Å². The summed E-state index contributed by atoms with van der Waals surface area (Å²) in [4.78, 5) is 28.1. The second-order valence-corrected chi connectivity index (χ2v) is 10.1. The molecule has 0 spiro atoms. The number of nitrogens with one attached hydrogen (secondary N) is 2. The number of anilines is 1. The molecule has 0 unspecified atom stereocenters. The Bertz CT molecular complexity index is 1490. The molecular formula is C26H24Br2N6O3. The maximum Gasteiger partial charge on any atom is 0.305 e. The summed E-state index contributed by atoms with van der Waals surface area (Å²) in [5, 5.41) is 19.1. The third kappa shape index (κ3) is 6.00. The maximum atomic E-state index is 12.5. The van der Waals surface area contributed by atoms with Crippen LogP contribution in [0.5, 0.6) is 0 Å². The second kappa shape index (κ2) is 11.1. The van der Waals surface area contributed by atoms with Crippen LogP contribution in [0.4, 0.5) is 5.69 Å². The normalized spacial score (nSPS) is 11.0. The summed E-state index contributed by atoms with van der Waals surface area (Å²) in [6.45, 7) is 0.647. The molecule has 0 fully saturated rings. The van der Waals surface area contributed by atoms with Gasteiger partial charge in [0.25, 0.3) is 5.91 Å². The Labute approximate surface area is 229 Å². The Morgan fingerprint density at radius 1 is 1.03 bits per heavy atom. The highest BCUT2D eigenvalue weighted by Crippen LogP contribution is 2.31.